The van der Waals surface area contributed by atoms with E-state index in [4.69, 9.17) is 9.52 Å². The third-order valence-electron chi connectivity index (χ3n) is 1.19. The Morgan fingerprint density at radius 2 is 2.45 bits per heavy atom. The van der Waals surface area contributed by atoms with Gasteiger partial charge >= 0.3 is 0 Å². The van der Waals surface area contributed by atoms with Crippen molar-refractivity contribution in [2.24, 2.45) is 0 Å². The zero-order valence-electron chi connectivity index (χ0n) is 5.35. The van der Waals surface area contributed by atoms with Gasteiger partial charge in [-0.15, -0.1) is 10.2 Å². The van der Waals surface area contributed by atoms with Crippen LogP contribution in [0.3, 0.4) is 0 Å². The van der Waals surface area contributed by atoms with E-state index in [9.17, 15) is 0 Å². The van der Waals surface area contributed by atoms with Gasteiger partial charge in [-0.25, -0.2) is 0 Å². The Morgan fingerprint density at radius 3 is 3.00 bits per heavy atom. The molecule has 56 valence electrons. The van der Waals surface area contributed by atoms with Crippen molar-refractivity contribution in [1.29, 1.82) is 0 Å². The van der Waals surface area contributed by atoms with Crippen molar-refractivity contribution in [3.63, 3.8) is 0 Å². The topological polar surface area (TPSA) is 87.8 Å². The Balaban J connectivity index is 2.53. The summed E-state index contributed by atoms with van der Waals surface area (Å²) in [5.41, 5.74) is 0. The maximum absolute atomic E-state index is 9.11. The van der Waals surface area contributed by atoms with Gasteiger partial charge in [0.25, 0.3) is 0 Å². The predicted octanol–water partition coefficient (Wildman–Crippen LogP) is 0.165. The van der Waals surface area contributed by atoms with E-state index in [2.05, 4.69) is 20.6 Å². The van der Waals surface area contributed by atoms with E-state index in [0.717, 1.165) is 0 Å². The molecule has 6 heteroatoms. The zero-order chi connectivity index (χ0) is 7.68. The molecule has 0 unspecified atom stereocenters. The largest absolute Gasteiger partial charge is 0.504 e. The van der Waals surface area contributed by atoms with Crippen LogP contribution in [-0.2, 0) is 0 Å². The molecule has 0 radical (unpaired) electrons. The number of aromatic nitrogens is 4. The summed E-state index contributed by atoms with van der Waals surface area (Å²) in [4.78, 5) is 0. The van der Waals surface area contributed by atoms with Crippen LogP contribution in [0, 0.1) is 0 Å². The molecule has 11 heavy (non-hydrogen) atoms. The molecule has 0 amide bonds. The molecule has 0 saturated carbocycles. The maximum atomic E-state index is 9.11. The summed E-state index contributed by atoms with van der Waals surface area (Å²) in [5, 5.41) is 21.9. The standard InChI is InChI=1S/C5H4N4O2/c10-3-1-2-11-4(3)5-6-8-9-7-5/h1-2,10H,(H,6,7,8,9). The SMILES string of the molecule is Oc1ccoc1-c1nn[nH]n1. The van der Waals surface area contributed by atoms with E-state index in [1.54, 1.807) is 0 Å². The fourth-order valence-electron chi connectivity index (χ4n) is 0.728. The van der Waals surface area contributed by atoms with E-state index in [1.165, 1.54) is 12.3 Å². The number of hydrogen-bond donors (Lipinski definition) is 2. The van der Waals surface area contributed by atoms with E-state index >= 15 is 0 Å². The van der Waals surface area contributed by atoms with Gasteiger partial charge in [-0.05, 0) is 5.21 Å². The summed E-state index contributed by atoms with van der Waals surface area (Å²) in [6.07, 6.45) is 1.35. The van der Waals surface area contributed by atoms with Gasteiger partial charge in [-0.1, -0.05) is 0 Å². The second-order valence-electron chi connectivity index (χ2n) is 1.87. The van der Waals surface area contributed by atoms with Crippen molar-refractivity contribution < 1.29 is 9.52 Å². The number of tetrazole rings is 1. The highest BCUT2D eigenvalue weighted by molar-refractivity contribution is 5.54. The summed E-state index contributed by atoms with van der Waals surface area (Å²) < 4.78 is 4.87. The van der Waals surface area contributed by atoms with Gasteiger partial charge in [0.2, 0.25) is 11.6 Å². The Hall–Kier alpha value is -1.85. The molecule has 0 aliphatic heterocycles. The van der Waals surface area contributed by atoms with Crippen molar-refractivity contribution in [2.75, 3.05) is 0 Å². The van der Waals surface area contributed by atoms with Crippen molar-refractivity contribution in [3.05, 3.63) is 12.3 Å². The third-order valence-corrected chi connectivity index (χ3v) is 1.19. The molecule has 0 atom stereocenters. The van der Waals surface area contributed by atoms with E-state index in [-0.39, 0.29) is 17.3 Å². The molecule has 2 heterocycles. The Kier molecular flexibility index (Phi) is 1.12. The first kappa shape index (κ1) is 5.90. The van der Waals surface area contributed by atoms with Crippen LogP contribution in [0.2, 0.25) is 0 Å². The highest BCUT2D eigenvalue weighted by Crippen LogP contribution is 2.25. The number of rotatable bonds is 1. The normalized spacial score (nSPS) is 10.2. The highest BCUT2D eigenvalue weighted by atomic mass is 16.4. The predicted molar refractivity (Wildman–Crippen MR) is 33.5 cm³/mol. The maximum Gasteiger partial charge on any atom is 0.243 e. The van der Waals surface area contributed by atoms with Crippen LogP contribution in [0.1, 0.15) is 0 Å². The van der Waals surface area contributed by atoms with Crippen LogP contribution in [0.15, 0.2) is 16.7 Å². The van der Waals surface area contributed by atoms with E-state index in [0.29, 0.717) is 0 Å². The van der Waals surface area contributed by atoms with Crippen LogP contribution in [0.4, 0.5) is 0 Å². The third kappa shape index (κ3) is 0.841. The van der Waals surface area contributed by atoms with Gasteiger partial charge in [0.1, 0.15) is 0 Å². The smallest absolute Gasteiger partial charge is 0.243 e. The minimum atomic E-state index is 0.00593. The van der Waals surface area contributed by atoms with Crippen LogP contribution in [0.25, 0.3) is 11.6 Å². The lowest BCUT2D eigenvalue weighted by Gasteiger charge is -1.85. The summed E-state index contributed by atoms with van der Waals surface area (Å²) in [5.74, 6) is 0.470. The van der Waals surface area contributed by atoms with Crippen LogP contribution in [-0.4, -0.2) is 25.7 Å². The summed E-state index contributed by atoms with van der Waals surface area (Å²) in [6, 6.07) is 1.41. The molecule has 2 aromatic heterocycles. The second kappa shape index (κ2) is 2.08. The molecule has 0 aromatic carbocycles. The Labute approximate surface area is 60.9 Å². The number of furan rings is 1. The first-order chi connectivity index (χ1) is 5.38. The van der Waals surface area contributed by atoms with Crippen LogP contribution >= 0.6 is 0 Å². The molecule has 6 nitrogen and oxygen atoms in total. The van der Waals surface area contributed by atoms with E-state index < -0.39 is 0 Å². The van der Waals surface area contributed by atoms with Gasteiger partial charge in [0.15, 0.2) is 5.75 Å². The number of nitrogens with one attached hydrogen (secondary N) is 1. The molecule has 0 bridgehead atoms. The van der Waals surface area contributed by atoms with Gasteiger partial charge in [0.05, 0.1) is 6.26 Å². The first-order valence-corrected chi connectivity index (χ1v) is 2.88. The lowest BCUT2D eigenvalue weighted by atomic mass is 10.4. The summed E-state index contributed by atoms with van der Waals surface area (Å²) in [7, 11) is 0. The Bertz CT molecular complexity index is 339. The van der Waals surface area contributed by atoms with Gasteiger partial charge in [-0.2, -0.15) is 5.21 Å². The molecule has 2 aromatic rings. The number of aromatic hydroxyl groups is 1. The van der Waals surface area contributed by atoms with Gasteiger partial charge < -0.3 is 9.52 Å². The van der Waals surface area contributed by atoms with Crippen molar-refractivity contribution >= 4 is 0 Å². The van der Waals surface area contributed by atoms with Crippen LogP contribution < -0.4 is 0 Å². The number of nitrogens with zero attached hydrogens (tertiary/aromatic N) is 3. The molecule has 2 rings (SSSR count). The summed E-state index contributed by atoms with van der Waals surface area (Å²) in [6.45, 7) is 0. The molecule has 2 N–H and O–H groups in total. The van der Waals surface area contributed by atoms with Crippen molar-refractivity contribution in [1.82, 2.24) is 20.6 Å². The molecule has 0 saturated heterocycles. The molecule has 0 spiro atoms. The minimum Gasteiger partial charge on any atom is -0.504 e. The second-order valence-corrected chi connectivity index (χ2v) is 1.87. The molecule has 0 aliphatic rings. The fourth-order valence-corrected chi connectivity index (χ4v) is 0.728. The van der Waals surface area contributed by atoms with Crippen molar-refractivity contribution in [2.45, 2.75) is 0 Å². The van der Waals surface area contributed by atoms with Crippen molar-refractivity contribution in [3.8, 4) is 17.3 Å². The number of H-pyrrole nitrogens is 1. The molecular weight excluding hydrogens is 148 g/mol. The summed E-state index contributed by atoms with van der Waals surface area (Å²) >= 11 is 0. The highest BCUT2D eigenvalue weighted by Gasteiger charge is 2.11. The molecule has 0 aliphatic carbocycles. The van der Waals surface area contributed by atoms with Crippen LogP contribution in [0.5, 0.6) is 5.75 Å². The zero-order valence-corrected chi connectivity index (χ0v) is 5.35. The lowest BCUT2D eigenvalue weighted by molar-refractivity contribution is 0.463. The average Bonchev–Trinajstić information content (AvgIpc) is 2.55. The first-order valence-electron chi connectivity index (χ1n) is 2.88. The number of aromatic amines is 1. The minimum absolute atomic E-state index is 0.00593. The molecular formula is C5H4N4O2. The quantitative estimate of drug-likeness (QED) is 0.607. The van der Waals surface area contributed by atoms with E-state index in [1.807, 2.05) is 0 Å². The number of hydrogen-bond acceptors (Lipinski definition) is 5. The molecule has 0 fully saturated rings. The van der Waals surface area contributed by atoms with Gasteiger partial charge in [0, 0.05) is 6.07 Å². The fraction of sp³-hybridized carbons (Fsp3) is 0. The van der Waals surface area contributed by atoms with Gasteiger partial charge in [-0.3, -0.25) is 0 Å². The monoisotopic (exact) mass is 152 g/mol. The average molecular weight is 152 g/mol. The Morgan fingerprint density at radius 1 is 1.55 bits per heavy atom. The lowest BCUT2D eigenvalue weighted by Crippen LogP contribution is -1.76.